The van der Waals surface area contributed by atoms with Crippen molar-refractivity contribution in [2.24, 2.45) is 31.1 Å². The number of allylic oxidation sites excluding steroid dienone is 8. The average Bonchev–Trinajstić information content (AvgIpc) is 1.92. The van der Waals surface area contributed by atoms with Crippen LogP contribution in [0.1, 0.15) is 43.9 Å². The van der Waals surface area contributed by atoms with Gasteiger partial charge < -0.3 is 93.5 Å². The molecule has 441 valence electrons. The Bertz CT molecular complexity index is 3560. The van der Waals surface area contributed by atoms with Crippen molar-refractivity contribution in [2.75, 3.05) is 5.73 Å². The number of aliphatic imine (C=N–C) groups is 2. The molecule has 2 aliphatic rings. The molecule has 8 N–H and O–H groups in total. The third-order valence-electron chi connectivity index (χ3n) is 11.4. The number of nitrogen functional groups attached to an aromatic ring is 1. The molecule has 7 aromatic rings. The number of aromatic hydroxyl groups is 1. The first kappa shape index (κ1) is 97.7. The number of hydrogen-bond acceptors (Lipinski definition) is 16. The summed E-state index contributed by atoms with van der Waals surface area (Å²) in [6.45, 7) is 39.6. The Morgan fingerprint density at radius 1 is 0.443 bits per heavy atom. The summed E-state index contributed by atoms with van der Waals surface area (Å²) in [5.41, 5.74) is 14.8. The summed E-state index contributed by atoms with van der Waals surface area (Å²) in [5, 5.41) is 46.3. The minimum absolute atomic E-state index is 0. The number of ketones is 2. The van der Waals surface area contributed by atoms with Gasteiger partial charge in [-0.15, -0.1) is 0 Å². The molecule has 3 aromatic heterocycles. The van der Waals surface area contributed by atoms with Gasteiger partial charge in [-0.1, -0.05) is 74.2 Å². The van der Waals surface area contributed by atoms with Crippen LogP contribution in [0.3, 0.4) is 0 Å². The molecule has 3 radical (unpaired) electrons. The minimum atomic E-state index is -0.179. The topological polar surface area (TPSA) is 395 Å². The van der Waals surface area contributed by atoms with Crippen molar-refractivity contribution in [3.05, 3.63) is 256 Å². The number of rotatable bonds is 5. The molecule has 88 heavy (non-hydrogen) atoms. The van der Waals surface area contributed by atoms with Gasteiger partial charge in [-0.2, -0.15) is 0 Å². The van der Waals surface area contributed by atoms with Crippen molar-refractivity contribution in [3.8, 4) is 22.8 Å². The smallest absolute Gasteiger partial charge is 0.512 e. The molecule has 23 nitrogen and oxygen atoms in total. The van der Waals surface area contributed by atoms with Gasteiger partial charge >= 0.3 is 17.1 Å². The van der Waals surface area contributed by atoms with Crippen LogP contribution in [0.2, 0.25) is 0 Å². The van der Waals surface area contributed by atoms with E-state index in [1.165, 1.54) is 24.3 Å². The molecule has 0 amide bonds. The summed E-state index contributed by atoms with van der Waals surface area (Å²) in [7, 11) is 5.48. The van der Waals surface area contributed by atoms with Crippen LogP contribution >= 0.6 is 0 Å². The Morgan fingerprint density at radius 2 is 0.727 bits per heavy atom. The van der Waals surface area contributed by atoms with Gasteiger partial charge in [-0.05, 0) is 143 Å². The standard InChI is InChI=1S/2C18H17N3O2.C11H13N3O.C7H8O.6CN.CH4.Fe.3K.H3N.H2O/c2*1-12-11-15(22)9-10-16(12)19-17-13(2)20(3)21(18(17)23)14-7-5-4-6-8-14;1-8-10(12)11(15)14(13(8)2)9-6-4-3-5-7-9;1-6-3-2-4-7(8)5-6;6*1-2;;;;;;;/h2*4-11H,1-3H3;3-7H,12H2,1-2H3;2-5,8H,1H3;;;;;;;1H4;;;;;1H3;1H2/q;;;;6*-1;;+6;;;;;. The van der Waals surface area contributed by atoms with E-state index < -0.39 is 0 Å². The van der Waals surface area contributed by atoms with E-state index in [-0.39, 0.29) is 219 Å². The van der Waals surface area contributed by atoms with Gasteiger partial charge in [0.1, 0.15) is 11.4 Å². The number of phenolic OH excluding ortho intramolecular Hbond substituents is 1. The third kappa shape index (κ3) is 27.4. The van der Waals surface area contributed by atoms with E-state index in [0.29, 0.717) is 34.2 Å². The maximum absolute atomic E-state index is 12.8. The number of nitrogens with two attached hydrogens (primary N) is 1. The quantitative estimate of drug-likeness (QED) is 0.0855. The fourth-order valence-electron chi connectivity index (χ4n) is 7.33. The van der Waals surface area contributed by atoms with Crippen LogP contribution in [0.15, 0.2) is 187 Å². The summed E-state index contributed by atoms with van der Waals surface area (Å²) in [6.07, 6.45) is 9.26. The first-order chi connectivity index (χ1) is 38.9. The predicted octanol–water partition coefficient (Wildman–Crippen LogP) is 7.46. The van der Waals surface area contributed by atoms with E-state index in [9.17, 15) is 24.0 Å². The zero-order valence-corrected chi connectivity index (χ0v) is 60.8. The molecule has 0 aliphatic heterocycles. The summed E-state index contributed by atoms with van der Waals surface area (Å²) in [6, 6.07) is 35.5. The molecular weight excluding hydrogens is 1240 g/mol. The normalized spacial score (nSPS) is 11.1. The molecule has 0 unspecified atom stereocenters. The number of hydrogen-bond donors (Lipinski definition) is 3. The molecule has 4 aromatic carbocycles. The van der Waals surface area contributed by atoms with E-state index in [4.69, 9.17) is 81.8 Å². The molecule has 0 bridgehead atoms. The van der Waals surface area contributed by atoms with Crippen LogP contribution in [0.5, 0.6) is 5.75 Å². The molecule has 2 aliphatic carbocycles. The van der Waals surface area contributed by atoms with Crippen molar-refractivity contribution in [1.29, 1.82) is 31.6 Å². The van der Waals surface area contributed by atoms with Crippen molar-refractivity contribution < 1.29 is 37.2 Å². The molecular formula is C61H64FeK3N16O7. The van der Waals surface area contributed by atoms with Crippen molar-refractivity contribution in [1.82, 2.24) is 34.2 Å². The molecule has 3 heterocycles. The fourth-order valence-corrected chi connectivity index (χ4v) is 7.33. The number of phenols is 1. The monoisotopic (exact) mass is 1310 g/mol. The zero-order chi connectivity index (χ0) is 62.1. The van der Waals surface area contributed by atoms with Crippen LogP contribution in [0.4, 0.5) is 17.1 Å². The van der Waals surface area contributed by atoms with Gasteiger partial charge in [0.05, 0.1) is 45.6 Å². The molecule has 0 saturated carbocycles. The Hall–Kier alpha value is -6.56. The van der Waals surface area contributed by atoms with Gasteiger partial charge in [0.15, 0.2) is 22.9 Å². The number of anilines is 1. The van der Waals surface area contributed by atoms with E-state index in [0.717, 1.165) is 50.9 Å². The van der Waals surface area contributed by atoms with Gasteiger partial charge in [-0.25, -0.2) is 24.0 Å². The maximum Gasteiger partial charge on any atom is 6.00 e. The number of aryl methyl sites for hydroxylation is 1. The second-order valence-corrected chi connectivity index (χ2v) is 16.3. The Labute approximate surface area is 652 Å². The second-order valence-electron chi connectivity index (χ2n) is 16.3. The Kier molecular flexibility index (Phi) is 58.2. The van der Waals surface area contributed by atoms with Crippen LogP contribution in [0, 0.1) is 98.7 Å². The van der Waals surface area contributed by atoms with Crippen molar-refractivity contribution in [3.63, 3.8) is 0 Å². The summed E-state index contributed by atoms with van der Waals surface area (Å²) in [4.78, 5) is 69.1. The van der Waals surface area contributed by atoms with Crippen LogP contribution in [-0.4, -0.2) is 216 Å². The van der Waals surface area contributed by atoms with Gasteiger partial charge in [-0.3, -0.25) is 38.0 Å². The fraction of sp³-hybridized carbons (Fsp3) is 0.164. The molecule has 27 heteroatoms. The number of carbonyl (C=O) groups is 2. The van der Waals surface area contributed by atoms with Crippen LogP contribution in [-0.2, 0) is 47.8 Å². The van der Waals surface area contributed by atoms with E-state index >= 15 is 0 Å². The van der Waals surface area contributed by atoms with E-state index in [2.05, 4.69) is 9.98 Å². The summed E-state index contributed by atoms with van der Waals surface area (Å²) < 4.78 is 10.1. The van der Waals surface area contributed by atoms with Crippen molar-refractivity contribution >= 4 is 194 Å². The average molecular weight is 1310 g/mol. The molecule has 0 fully saturated rings. The molecule has 0 spiro atoms. The van der Waals surface area contributed by atoms with Gasteiger partial charge in [0.2, 0.25) is 0 Å². The Morgan fingerprint density at radius 3 is 0.966 bits per heavy atom. The zero-order valence-electron chi connectivity index (χ0n) is 50.3. The molecule has 9 rings (SSSR count). The minimum Gasteiger partial charge on any atom is -0.512 e. The SMILES string of the molecule is C.CC1=CC(=O)C=CC1=Nc1c(C)n(C)n(-c2ccccc2)c1=O.CC1=CC(=O)C=CC1=Nc1c(C)n(C)n(-c2ccccc2)c1=O.Cc1c(N)c(=O)n(-c2ccccc2)n1C.Cc1cccc(O)c1.N.O.[C-]#N.[C-]#N.[C-]#N.[C-]#N.[C-]#N.[C-]#N.[Fe+6].[K].[K].[K]. The van der Waals surface area contributed by atoms with Crippen LogP contribution in [0.25, 0.3) is 17.1 Å². The van der Waals surface area contributed by atoms with Crippen LogP contribution < -0.4 is 28.6 Å². The number of nitrogens with zero attached hydrogens (tertiary/aromatic N) is 14. The molecule has 0 saturated heterocycles. The van der Waals surface area contributed by atoms with E-state index in [1.807, 2.05) is 166 Å². The first-order valence-electron chi connectivity index (χ1n) is 23.3. The Balaban J connectivity index is -0.000000154. The third-order valence-corrected chi connectivity index (χ3v) is 11.4. The number of benzene rings is 4. The summed E-state index contributed by atoms with van der Waals surface area (Å²) >= 11 is 0. The number of carbonyl (C=O) groups excluding carboxylic acids is 2. The maximum atomic E-state index is 12.8. The van der Waals surface area contributed by atoms with Crippen molar-refractivity contribution in [2.45, 2.75) is 49.0 Å². The van der Waals surface area contributed by atoms with Gasteiger partial charge in [0, 0.05) is 175 Å². The van der Waals surface area contributed by atoms with Gasteiger partial charge in [0.25, 0.3) is 16.7 Å². The number of para-hydroxylation sites is 3. The first-order valence-corrected chi connectivity index (χ1v) is 23.3. The number of aromatic nitrogens is 6. The largest absolute Gasteiger partial charge is 6.00 e. The molecule has 0 atom stereocenters. The second kappa shape index (κ2) is 52.4. The summed E-state index contributed by atoms with van der Waals surface area (Å²) in [5.74, 6) is 0.214. The predicted molar refractivity (Wildman–Crippen MR) is 337 cm³/mol. The van der Waals surface area contributed by atoms with E-state index in [1.54, 1.807) is 52.4 Å².